The summed E-state index contributed by atoms with van der Waals surface area (Å²) in [6, 6.07) is 9.96. The van der Waals surface area contributed by atoms with Crippen LogP contribution >= 0.6 is 11.8 Å². The molecule has 0 saturated heterocycles. The van der Waals surface area contributed by atoms with E-state index in [1.54, 1.807) is 6.20 Å². The van der Waals surface area contributed by atoms with Crippen molar-refractivity contribution in [3.8, 4) is 0 Å². The fraction of sp³-hybridized carbons (Fsp3) is 0.150. The molecule has 1 aromatic carbocycles. The van der Waals surface area contributed by atoms with Gasteiger partial charge in [-0.15, -0.1) is 0 Å². The molecule has 0 unspecified atom stereocenters. The highest BCUT2D eigenvalue weighted by Crippen LogP contribution is 2.24. The number of aromatic nitrogens is 3. The Morgan fingerprint density at radius 2 is 2.11 bits per heavy atom. The summed E-state index contributed by atoms with van der Waals surface area (Å²) in [5.74, 6) is 0.561. The summed E-state index contributed by atoms with van der Waals surface area (Å²) in [5.41, 5.74) is 7.96. The number of hydrogen-bond acceptors (Lipinski definition) is 6. The summed E-state index contributed by atoms with van der Waals surface area (Å²) in [7, 11) is 1.98. The maximum absolute atomic E-state index is 4.69. The van der Waals surface area contributed by atoms with Crippen molar-refractivity contribution in [1.82, 2.24) is 30.1 Å². The average Bonchev–Trinajstić information content (AvgIpc) is 3.34. The first-order valence-corrected chi connectivity index (χ1v) is 10.0. The molecular formula is C20H21N7S. The first-order chi connectivity index (χ1) is 13.7. The van der Waals surface area contributed by atoms with Crippen molar-refractivity contribution in [2.75, 3.05) is 19.8 Å². The minimum atomic E-state index is 0.561. The number of rotatable bonds is 4. The lowest BCUT2D eigenvalue weighted by Crippen LogP contribution is -2.23. The predicted octanol–water partition coefficient (Wildman–Crippen LogP) is 3.13. The van der Waals surface area contributed by atoms with E-state index in [1.165, 1.54) is 11.8 Å². The van der Waals surface area contributed by atoms with E-state index >= 15 is 0 Å². The van der Waals surface area contributed by atoms with Crippen molar-refractivity contribution in [3.63, 3.8) is 0 Å². The quantitative estimate of drug-likeness (QED) is 0.526. The molecule has 2 aromatic heterocycles. The molecule has 1 aliphatic heterocycles. The van der Waals surface area contributed by atoms with E-state index in [0.29, 0.717) is 16.6 Å². The molecular weight excluding hydrogens is 370 g/mol. The summed E-state index contributed by atoms with van der Waals surface area (Å²) in [5, 5.41) is 5.93. The Hall–Kier alpha value is -3.10. The van der Waals surface area contributed by atoms with Gasteiger partial charge in [0.25, 0.3) is 0 Å². The Balaban J connectivity index is 1.65. The van der Waals surface area contributed by atoms with Gasteiger partial charge < -0.3 is 10.3 Å². The van der Waals surface area contributed by atoms with Gasteiger partial charge in [-0.05, 0) is 11.8 Å². The number of benzene rings is 1. The van der Waals surface area contributed by atoms with Crippen molar-refractivity contribution >= 4 is 39.7 Å². The SMILES string of the molecule is C=C(NC(=Nc1nccn2c(C3=CN(C)NC3)cnc12)SC)c1ccccc1. The number of thioether (sulfide) groups is 1. The van der Waals surface area contributed by atoms with Gasteiger partial charge in [0.05, 0.1) is 11.9 Å². The largest absolute Gasteiger partial charge is 0.335 e. The van der Waals surface area contributed by atoms with Crippen molar-refractivity contribution in [1.29, 1.82) is 0 Å². The first-order valence-electron chi connectivity index (χ1n) is 8.79. The van der Waals surface area contributed by atoms with E-state index in [4.69, 9.17) is 4.99 Å². The van der Waals surface area contributed by atoms with E-state index in [-0.39, 0.29) is 0 Å². The number of amidine groups is 1. The molecule has 0 fully saturated rings. The van der Waals surface area contributed by atoms with Crippen molar-refractivity contribution < 1.29 is 0 Å². The molecule has 0 amide bonds. The van der Waals surface area contributed by atoms with Crippen LogP contribution in [0.15, 0.2) is 66.7 Å². The van der Waals surface area contributed by atoms with Gasteiger partial charge in [-0.2, -0.15) is 0 Å². The summed E-state index contributed by atoms with van der Waals surface area (Å²) in [6.45, 7) is 4.88. The zero-order chi connectivity index (χ0) is 19.5. The monoisotopic (exact) mass is 391 g/mol. The molecule has 3 heterocycles. The number of hydrazine groups is 1. The maximum atomic E-state index is 4.69. The van der Waals surface area contributed by atoms with Crippen molar-refractivity contribution in [2.45, 2.75) is 0 Å². The minimum absolute atomic E-state index is 0.561. The molecule has 0 radical (unpaired) electrons. The highest BCUT2D eigenvalue weighted by molar-refractivity contribution is 8.13. The van der Waals surface area contributed by atoms with E-state index in [0.717, 1.165) is 29.1 Å². The van der Waals surface area contributed by atoms with Gasteiger partial charge in [-0.3, -0.25) is 4.40 Å². The van der Waals surface area contributed by atoms with Crippen LogP contribution in [0.25, 0.3) is 16.9 Å². The van der Waals surface area contributed by atoms with Gasteiger partial charge in [-0.1, -0.05) is 48.7 Å². The Morgan fingerprint density at radius 1 is 1.29 bits per heavy atom. The third kappa shape index (κ3) is 3.64. The topological polar surface area (TPSA) is 69.8 Å². The third-order valence-electron chi connectivity index (χ3n) is 4.39. The van der Waals surface area contributed by atoms with Gasteiger partial charge in [0, 0.05) is 43.5 Å². The molecule has 8 heteroatoms. The van der Waals surface area contributed by atoms with Crippen LogP contribution in [0, 0.1) is 0 Å². The van der Waals surface area contributed by atoms with Crippen LogP contribution in [0.3, 0.4) is 0 Å². The minimum Gasteiger partial charge on any atom is -0.335 e. The normalized spacial score (nSPS) is 14.4. The van der Waals surface area contributed by atoms with Crippen LogP contribution in [0.5, 0.6) is 0 Å². The third-order valence-corrected chi connectivity index (χ3v) is 4.97. The summed E-state index contributed by atoms with van der Waals surface area (Å²) < 4.78 is 2.02. The number of aliphatic imine (C=N–C) groups is 1. The average molecular weight is 392 g/mol. The summed E-state index contributed by atoms with van der Waals surface area (Å²) >= 11 is 1.50. The standard InChI is InChI=1S/C20H21N7S/c1-14(15-7-5-4-6-8-15)24-20(28-3)25-18-19-22-12-17(27(19)10-9-21-18)16-11-23-26(2)13-16/h4-10,12-13,23H,1,11H2,2-3H3,(H,21,24,25). The smallest absolute Gasteiger partial charge is 0.198 e. The number of nitrogens with zero attached hydrogens (tertiary/aromatic N) is 5. The van der Waals surface area contributed by atoms with E-state index in [2.05, 4.69) is 33.5 Å². The summed E-state index contributed by atoms with van der Waals surface area (Å²) in [4.78, 5) is 13.7. The zero-order valence-electron chi connectivity index (χ0n) is 15.8. The zero-order valence-corrected chi connectivity index (χ0v) is 16.6. The molecule has 28 heavy (non-hydrogen) atoms. The van der Waals surface area contributed by atoms with Crippen LogP contribution in [-0.4, -0.2) is 44.4 Å². The van der Waals surface area contributed by atoms with Crippen molar-refractivity contribution in [3.05, 3.63) is 73.0 Å². The van der Waals surface area contributed by atoms with E-state index < -0.39 is 0 Å². The Bertz CT molecular complexity index is 1070. The second-order valence-corrected chi connectivity index (χ2v) is 7.07. The molecule has 142 valence electrons. The van der Waals surface area contributed by atoms with Gasteiger partial charge in [0.15, 0.2) is 16.6 Å². The first kappa shape index (κ1) is 18.3. The van der Waals surface area contributed by atoms with Gasteiger partial charge >= 0.3 is 0 Å². The molecule has 1 aliphatic rings. The molecule has 3 aromatic rings. The maximum Gasteiger partial charge on any atom is 0.198 e. The van der Waals surface area contributed by atoms with Crippen LogP contribution in [-0.2, 0) is 0 Å². The number of nitrogens with one attached hydrogen (secondary N) is 2. The predicted molar refractivity (Wildman–Crippen MR) is 116 cm³/mol. The van der Waals surface area contributed by atoms with Gasteiger partial charge in [0.1, 0.15) is 0 Å². The molecule has 0 saturated carbocycles. The Kier molecular flexibility index (Phi) is 5.14. The summed E-state index contributed by atoms with van der Waals surface area (Å²) in [6.07, 6.45) is 9.54. The second kappa shape index (κ2) is 7.87. The molecule has 7 nitrogen and oxygen atoms in total. The number of hydrogen-bond donors (Lipinski definition) is 2. The number of imidazole rings is 1. The van der Waals surface area contributed by atoms with Crippen LogP contribution in [0.4, 0.5) is 5.82 Å². The molecule has 0 spiro atoms. The highest BCUT2D eigenvalue weighted by Gasteiger charge is 2.16. The lowest BCUT2D eigenvalue weighted by molar-refractivity contribution is 0.374. The van der Waals surface area contributed by atoms with E-state index in [1.807, 2.05) is 65.4 Å². The van der Waals surface area contributed by atoms with E-state index in [9.17, 15) is 0 Å². The van der Waals surface area contributed by atoms with Gasteiger partial charge in [0.2, 0.25) is 0 Å². The molecule has 0 aliphatic carbocycles. The second-order valence-electron chi connectivity index (χ2n) is 6.28. The van der Waals surface area contributed by atoms with Crippen molar-refractivity contribution in [2.24, 2.45) is 4.99 Å². The Labute approximate surface area is 167 Å². The fourth-order valence-electron chi connectivity index (χ4n) is 2.97. The molecule has 2 N–H and O–H groups in total. The lowest BCUT2D eigenvalue weighted by atomic mass is 10.2. The van der Waals surface area contributed by atoms with Crippen LogP contribution < -0.4 is 10.7 Å². The molecule has 4 rings (SSSR count). The molecule has 0 bridgehead atoms. The number of fused-ring (bicyclic) bond motifs is 1. The van der Waals surface area contributed by atoms with Crippen LogP contribution in [0.1, 0.15) is 11.3 Å². The molecule has 0 atom stereocenters. The van der Waals surface area contributed by atoms with Crippen LogP contribution in [0.2, 0.25) is 0 Å². The lowest BCUT2D eigenvalue weighted by Gasteiger charge is -2.10. The Morgan fingerprint density at radius 3 is 2.82 bits per heavy atom. The highest BCUT2D eigenvalue weighted by atomic mass is 32.2. The van der Waals surface area contributed by atoms with Gasteiger partial charge in [-0.25, -0.2) is 20.4 Å². The fourth-order valence-corrected chi connectivity index (χ4v) is 3.38.